The molecule has 4 rings (SSSR count). The van der Waals surface area contributed by atoms with E-state index in [0.717, 1.165) is 35.4 Å². The molecule has 34 heavy (non-hydrogen) atoms. The lowest BCUT2D eigenvalue weighted by Crippen LogP contribution is -2.48. The number of alkyl halides is 2. The standard InChI is InChI=1S/C22H14ClF3N6O2/c23-15-3-7-18(19(24)9-15)21(33,12-32-13-29-30-31-32)22(25,26)20-8-6-17(11-28-20)34-16-4-1-14(10-27)2-5-16/h1-9,11,13,33H,12H2. The summed E-state index contributed by atoms with van der Waals surface area (Å²) in [5.74, 6) is -4.74. The van der Waals surface area contributed by atoms with Crippen molar-refractivity contribution in [2.24, 2.45) is 0 Å². The summed E-state index contributed by atoms with van der Waals surface area (Å²) in [7, 11) is 0. The van der Waals surface area contributed by atoms with Crippen LogP contribution in [0.3, 0.4) is 0 Å². The Kier molecular flexibility index (Phi) is 6.19. The zero-order valence-corrected chi connectivity index (χ0v) is 17.9. The number of tetrazole rings is 1. The van der Waals surface area contributed by atoms with E-state index in [-0.39, 0.29) is 10.8 Å². The van der Waals surface area contributed by atoms with E-state index < -0.39 is 35.1 Å². The van der Waals surface area contributed by atoms with Gasteiger partial charge in [-0.15, -0.1) is 5.10 Å². The maximum absolute atomic E-state index is 15.7. The fourth-order valence-electron chi connectivity index (χ4n) is 3.24. The highest BCUT2D eigenvalue weighted by molar-refractivity contribution is 6.30. The van der Waals surface area contributed by atoms with Crippen LogP contribution in [0.25, 0.3) is 0 Å². The van der Waals surface area contributed by atoms with Gasteiger partial charge in [-0.1, -0.05) is 17.7 Å². The fraction of sp³-hybridized carbons (Fsp3) is 0.136. The first-order valence-electron chi connectivity index (χ1n) is 9.64. The Bertz CT molecular complexity index is 1330. The van der Waals surface area contributed by atoms with Crippen LogP contribution in [0.5, 0.6) is 11.5 Å². The summed E-state index contributed by atoms with van der Waals surface area (Å²) >= 11 is 5.75. The third kappa shape index (κ3) is 4.41. The summed E-state index contributed by atoms with van der Waals surface area (Å²) in [5, 5.41) is 30.3. The number of benzene rings is 2. The largest absolute Gasteiger partial charge is 0.456 e. The monoisotopic (exact) mass is 486 g/mol. The number of nitrogens with zero attached hydrogens (tertiary/aromatic N) is 6. The van der Waals surface area contributed by atoms with E-state index in [1.165, 1.54) is 36.4 Å². The third-order valence-electron chi connectivity index (χ3n) is 4.96. The summed E-state index contributed by atoms with van der Waals surface area (Å²) < 4.78 is 52.6. The molecule has 0 amide bonds. The molecule has 1 N–H and O–H groups in total. The van der Waals surface area contributed by atoms with Crippen molar-refractivity contribution in [2.75, 3.05) is 0 Å². The van der Waals surface area contributed by atoms with E-state index in [0.29, 0.717) is 11.3 Å². The first-order chi connectivity index (χ1) is 16.2. The van der Waals surface area contributed by atoms with Crippen LogP contribution in [-0.2, 0) is 18.1 Å². The molecule has 2 aromatic heterocycles. The minimum absolute atomic E-state index is 0.0308. The van der Waals surface area contributed by atoms with Gasteiger partial charge in [0, 0.05) is 10.6 Å². The van der Waals surface area contributed by atoms with Gasteiger partial charge < -0.3 is 9.84 Å². The molecule has 0 aliphatic rings. The lowest BCUT2D eigenvalue weighted by atomic mass is 9.84. The second-order valence-electron chi connectivity index (χ2n) is 7.18. The average Bonchev–Trinajstić information content (AvgIpc) is 3.32. The number of pyridine rings is 1. The average molecular weight is 487 g/mol. The second-order valence-corrected chi connectivity index (χ2v) is 7.62. The number of aromatic nitrogens is 5. The van der Waals surface area contributed by atoms with Crippen molar-refractivity contribution in [1.82, 2.24) is 25.2 Å². The van der Waals surface area contributed by atoms with Crippen LogP contribution >= 0.6 is 11.6 Å². The predicted octanol–water partition coefficient (Wildman–Crippen LogP) is 4.20. The van der Waals surface area contributed by atoms with E-state index >= 15 is 8.78 Å². The summed E-state index contributed by atoms with van der Waals surface area (Å²) in [6.07, 6.45) is 2.05. The Morgan fingerprint density at radius 2 is 1.82 bits per heavy atom. The summed E-state index contributed by atoms with van der Waals surface area (Å²) in [6.45, 7) is -0.878. The van der Waals surface area contributed by atoms with E-state index in [2.05, 4.69) is 20.5 Å². The van der Waals surface area contributed by atoms with Crippen LogP contribution < -0.4 is 4.74 Å². The predicted molar refractivity (Wildman–Crippen MR) is 112 cm³/mol. The van der Waals surface area contributed by atoms with Gasteiger partial charge in [-0.2, -0.15) is 14.0 Å². The molecule has 2 aromatic carbocycles. The molecular weight excluding hydrogens is 473 g/mol. The molecule has 1 unspecified atom stereocenters. The third-order valence-corrected chi connectivity index (χ3v) is 5.19. The number of aliphatic hydroxyl groups is 1. The van der Waals surface area contributed by atoms with Gasteiger partial charge in [0.1, 0.15) is 29.3 Å². The molecule has 0 saturated heterocycles. The van der Waals surface area contributed by atoms with Crippen molar-refractivity contribution in [1.29, 1.82) is 5.26 Å². The highest BCUT2D eigenvalue weighted by Crippen LogP contribution is 2.47. The molecule has 8 nitrogen and oxygen atoms in total. The number of hydrogen-bond acceptors (Lipinski definition) is 7. The first kappa shape index (κ1) is 23.2. The van der Waals surface area contributed by atoms with Crippen LogP contribution in [0, 0.1) is 17.1 Å². The Balaban J connectivity index is 1.68. The van der Waals surface area contributed by atoms with Gasteiger partial charge in [-0.3, -0.25) is 4.98 Å². The molecule has 0 aliphatic carbocycles. The van der Waals surface area contributed by atoms with Crippen LogP contribution in [0.2, 0.25) is 5.02 Å². The maximum Gasteiger partial charge on any atom is 0.323 e. The molecule has 1 atom stereocenters. The van der Waals surface area contributed by atoms with Gasteiger partial charge in [0.2, 0.25) is 0 Å². The van der Waals surface area contributed by atoms with Gasteiger partial charge in [0.05, 0.1) is 24.4 Å². The number of nitriles is 1. The molecule has 12 heteroatoms. The molecule has 4 aromatic rings. The summed E-state index contributed by atoms with van der Waals surface area (Å²) in [6, 6.07) is 13.3. The molecule has 0 bridgehead atoms. The van der Waals surface area contributed by atoms with Crippen molar-refractivity contribution in [2.45, 2.75) is 18.1 Å². The lowest BCUT2D eigenvalue weighted by molar-refractivity contribution is -0.207. The van der Waals surface area contributed by atoms with E-state index in [1.807, 2.05) is 6.07 Å². The van der Waals surface area contributed by atoms with Crippen molar-refractivity contribution < 1.29 is 23.0 Å². The number of rotatable bonds is 7. The molecule has 0 radical (unpaired) electrons. The maximum atomic E-state index is 15.7. The molecular formula is C22H14ClF3N6O2. The minimum Gasteiger partial charge on any atom is -0.456 e. The quantitative estimate of drug-likeness (QED) is 0.417. The van der Waals surface area contributed by atoms with Crippen molar-refractivity contribution >= 4 is 11.6 Å². The van der Waals surface area contributed by atoms with Crippen LogP contribution in [0.15, 0.2) is 67.1 Å². The zero-order chi connectivity index (χ0) is 24.3. The zero-order valence-electron chi connectivity index (χ0n) is 17.1. The van der Waals surface area contributed by atoms with Gasteiger partial charge in [0.25, 0.3) is 0 Å². The van der Waals surface area contributed by atoms with Crippen molar-refractivity contribution in [3.05, 3.63) is 94.8 Å². The van der Waals surface area contributed by atoms with Gasteiger partial charge >= 0.3 is 5.92 Å². The molecule has 0 fully saturated rings. The summed E-state index contributed by atoms with van der Waals surface area (Å²) in [5.41, 5.74) is -4.25. The highest BCUT2D eigenvalue weighted by atomic mass is 35.5. The lowest BCUT2D eigenvalue weighted by Gasteiger charge is -2.35. The molecule has 172 valence electrons. The fourth-order valence-corrected chi connectivity index (χ4v) is 3.40. The SMILES string of the molecule is N#Cc1ccc(Oc2ccc(C(F)(F)C(O)(Cn3cnnn3)c3ccc(Cl)cc3F)nc2)cc1. The second kappa shape index (κ2) is 9.09. The number of halogens is 4. The number of hydrogen-bond donors (Lipinski definition) is 1. The summed E-state index contributed by atoms with van der Waals surface area (Å²) in [4.78, 5) is 3.75. The number of ether oxygens (including phenoxy) is 1. The van der Waals surface area contributed by atoms with Crippen molar-refractivity contribution in [3.63, 3.8) is 0 Å². The van der Waals surface area contributed by atoms with Crippen molar-refractivity contribution in [3.8, 4) is 17.6 Å². The van der Waals surface area contributed by atoms with E-state index in [9.17, 15) is 9.50 Å². The topological polar surface area (TPSA) is 110 Å². The molecule has 0 saturated carbocycles. The van der Waals surface area contributed by atoms with Gasteiger partial charge in [0.15, 0.2) is 5.60 Å². The van der Waals surface area contributed by atoms with Gasteiger partial charge in [-0.25, -0.2) is 9.07 Å². The molecule has 0 spiro atoms. The van der Waals surface area contributed by atoms with E-state index in [4.69, 9.17) is 21.6 Å². The van der Waals surface area contributed by atoms with Crippen LogP contribution in [-0.4, -0.2) is 30.3 Å². The highest BCUT2D eigenvalue weighted by Gasteiger charge is 2.57. The smallest absolute Gasteiger partial charge is 0.323 e. The van der Waals surface area contributed by atoms with E-state index in [1.54, 1.807) is 0 Å². The molecule has 0 aliphatic heterocycles. The minimum atomic E-state index is -4.10. The van der Waals surface area contributed by atoms with Crippen LogP contribution in [0.1, 0.15) is 16.8 Å². The normalized spacial score (nSPS) is 13.2. The molecule has 2 heterocycles. The Morgan fingerprint density at radius 3 is 2.41 bits per heavy atom. The Morgan fingerprint density at radius 1 is 1.09 bits per heavy atom. The Labute approximate surface area is 195 Å². The Hall–Kier alpha value is -4.01. The first-order valence-corrected chi connectivity index (χ1v) is 10.0. The van der Waals surface area contributed by atoms with Gasteiger partial charge in [-0.05, 0) is 59.0 Å². The van der Waals surface area contributed by atoms with Crippen LogP contribution in [0.4, 0.5) is 13.2 Å².